The van der Waals surface area contributed by atoms with E-state index in [0.29, 0.717) is 55.8 Å². The Hall–Kier alpha value is -1.67. The number of guanidine groups is 1. The minimum Gasteiger partial charge on any atom is -0.497 e. The first kappa shape index (κ1) is 21.6. The van der Waals surface area contributed by atoms with Crippen molar-refractivity contribution in [2.24, 2.45) is 4.99 Å². The maximum Gasteiger partial charge on any atom is 0.401 e. The molecule has 1 saturated heterocycles. The van der Waals surface area contributed by atoms with Gasteiger partial charge in [-0.25, -0.2) is 0 Å². The summed E-state index contributed by atoms with van der Waals surface area (Å²) < 4.78 is 42.7. The van der Waals surface area contributed by atoms with E-state index in [1.165, 1.54) is 4.90 Å². The van der Waals surface area contributed by atoms with Crippen LogP contribution in [-0.2, 0) is 6.42 Å². The highest BCUT2D eigenvalue weighted by Gasteiger charge is 2.34. The van der Waals surface area contributed by atoms with Crippen molar-refractivity contribution < 1.29 is 17.9 Å². The molecule has 0 radical (unpaired) electrons. The third-order valence-corrected chi connectivity index (χ3v) is 4.62. The fourth-order valence-corrected chi connectivity index (χ4v) is 3.27. The summed E-state index contributed by atoms with van der Waals surface area (Å²) in [6.45, 7) is 3.05. The Kier molecular flexibility index (Phi) is 8.04. The van der Waals surface area contributed by atoms with Gasteiger partial charge in [-0.2, -0.15) is 13.2 Å². The zero-order valence-electron chi connectivity index (χ0n) is 15.6. The monoisotopic (exact) mass is 406 g/mol. The van der Waals surface area contributed by atoms with Crippen LogP contribution in [0, 0.1) is 0 Å². The summed E-state index contributed by atoms with van der Waals surface area (Å²) in [7, 11) is 1.59. The van der Waals surface area contributed by atoms with E-state index in [2.05, 4.69) is 15.6 Å². The van der Waals surface area contributed by atoms with Crippen LogP contribution in [0.15, 0.2) is 23.2 Å². The normalized spacial score (nSPS) is 18.6. The van der Waals surface area contributed by atoms with Gasteiger partial charge in [0.25, 0.3) is 0 Å². The lowest BCUT2D eigenvalue weighted by Crippen LogP contribution is -2.45. The maximum absolute atomic E-state index is 12.5. The Balaban J connectivity index is 1.87. The number of rotatable bonds is 7. The molecule has 152 valence electrons. The lowest BCUT2D eigenvalue weighted by Gasteiger charge is -2.19. The van der Waals surface area contributed by atoms with Crippen molar-refractivity contribution in [3.63, 3.8) is 0 Å². The van der Waals surface area contributed by atoms with Gasteiger partial charge in [-0.15, -0.1) is 0 Å². The predicted octanol–water partition coefficient (Wildman–Crippen LogP) is 3.08. The molecule has 1 fully saturated rings. The Morgan fingerprint density at radius 3 is 2.81 bits per heavy atom. The molecule has 1 aliphatic rings. The molecule has 2 rings (SSSR count). The fourth-order valence-electron chi connectivity index (χ4n) is 3.01. The molecule has 1 heterocycles. The van der Waals surface area contributed by atoms with Crippen molar-refractivity contribution >= 4 is 17.6 Å². The number of benzene rings is 1. The molecule has 27 heavy (non-hydrogen) atoms. The van der Waals surface area contributed by atoms with Crippen molar-refractivity contribution in [2.45, 2.75) is 32.0 Å². The van der Waals surface area contributed by atoms with Crippen LogP contribution in [0.5, 0.6) is 5.75 Å². The van der Waals surface area contributed by atoms with Crippen LogP contribution >= 0.6 is 11.6 Å². The number of nitrogens with zero attached hydrogens (tertiary/aromatic N) is 2. The Morgan fingerprint density at radius 2 is 2.19 bits per heavy atom. The van der Waals surface area contributed by atoms with E-state index >= 15 is 0 Å². The van der Waals surface area contributed by atoms with Crippen molar-refractivity contribution in [3.05, 3.63) is 28.8 Å². The Labute approximate surface area is 162 Å². The van der Waals surface area contributed by atoms with E-state index in [-0.39, 0.29) is 6.04 Å². The molecule has 1 aliphatic heterocycles. The predicted molar refractivity (Wildman–Crippen MR) is 102 cm³/mol. The van der Waals surface area contributed by atoms with Gasteiger partial charge >= 0.3 is 6.18 Å². The molecule has 0 aliphatic carbocycles. The van der Waals surface area contributed by atoms with Gasteiger partial charge in [0, 0.05) is 37.2 Å². The lowest BCUT2D eigenvalue weighted by atomic mass is 10.1. The fraction of sp³-hybridized carbons (Fsp3) is 0.611. The van der Waals surface area contributed by atoms with E-state index in [4.69, 9.17) is 16.3 Å². The first-order valence-electron chi connectivity index (χ1n) is 8.97. The molecule has 9 heteroatoms. The lowest BCUT2D eigenvalue weighted by molar-refractivity contribution is -0.143. The third-order valence-electron chi connectivity index (χ3n) is 4.27. The van der Waals surface area contributed by atoms with E-state index in [0.717, 1.165) is 5.56 Å². The van der Waals surface area contributed by atoms with Crippen LogP contribution < -0.4 is 15.4 Å². The molecule has 0 amide bonds. The highest BCUT2D eigenvalue weighted by atomic mass is 35.5. The number of hydrogen-bond donors (Lipinski definition) is 2. The second-order valence-corrected chi connectivity index (χ2v) is 6.86. The standard InChI is InChI=1S/C18H26ClF3N4O/c1-3-23-17(25-14-7-9-26(11-14)12-18(20,21)22)24-8-6-13-4-5-15(27-2)10-16(13)19/h4-5,10,14H,3,6-9,11-12H2,1-2H3,(H2,23,24,25). The average Bonchev–Trinajstić information content (AvgIpc) is 3.01. The summed E-state index contributed by atoms with van der Waals surface area (Å²) in [4.78, 5) is 5.93. The van der Waals surface area contributed by atoms with Gasteiger partial charge in [0.2, 0.25) is 0 Å². The maximum atomic E-state index is 12.5. The molecule has 0 bridgehead atoms. The van der Waals surface area contributed by atoms with Gasteiger partial charge in [-0.3, -0.25) is 9.89 Å². The molecule has 0 saturated carbocycles. The summed E-state index contributed by atoms with van der Waals surface area (Å²) in [6.07, 6.45) is -2.85. The van der Waals surface area contributed by atoms with Crippen LogP contribution in [0.4, 0.5) is 13.2 Å². The largest absolute Gasteiger partial charge is 0.497 e. The highest BCUT2D eigenvalue weighted by molar-refractivity contribution is 6.31. The van der Waals surface area contributed by atoms with E-state index in [1.54, 1.807) is 13.2 Å². The quantitative estimate of drug-likeness (QED) is 0.539. The molecule has 0 spiro atoms. The third kappa shape index (κ3) is 7.46. The number of hydrogen-bond acceptors (Lipinski definition) is 3. The number of methoxy groups -OCH3 is 1. The van der Waals surface area contributed by atoms with E-state index in [1.807, 2.05) is 19.1 Å². The first-order chi connectivity index (χ1) is 12.8. The zero-order chi connectivity index (χ0) is 19.9. The van der Waals surface area contributed by atoms with Gasteiger partial charge < -0.3 is 15.4 Å². The molecule has 5 nitrogen and oxygen atoms in total. The number of aliphatic imine (C=N–C) groups is 1. The van der Waals surface area contributed by atoms with Crippen LogP contribution in [0.2, 0.25) is 5.02 Å². The van der Waals surface area contributed by atoms with Gasteiger partial charge in [-0.1, -0.05) is 17.7 Å². The minimum atomic E-state index is -4.16. The molecular weight excluding hydrogens is 381 g/mol. The molecule has 1 atom stereocenters. The Bertz CT molecular complexity index is 640. The number of likely N-dealkylation sites (tertiary alicyclic amines) is 1. The smallest absolute Gasteiger partial charge is 0.401 e. The molecule has 0 aromatic heterocycles. The number of ether oxygens (including phenoxy) is 1. The second-order valence-electron chi connectivity index (χ2n) is 6.45. The van der Waals surface area contributed by atoms with Gasteiger partial charge in [0.1, 0.15) is 5.75 Å². The van der Waals surface area contributed by atoms with Crippen LogP contribution in [0.25, 0.3) is 0 Å². The van der Waals surface area contributed by atoms with Crippen molar-refractivity contribution in [1.29, 1.82) is 0 Å². The molecule has 2 N–H and O–H groups in total. The van der Waals surface area contributed by atoms with Crippen molar-refractivity contribution in [1.82, 2.24) is 15.5 Å². The van der Waals surface area contributed by atoms with Gasteiger partial charge in [-0.05, 0) is 37.5 Å². The van der Waals surface area contributed by atoms with Gasteiger partial charge in [0.15, 0.2) is 5.96 Å². The number of halogens is 4. The Morgan fingerprint density at radius 1 is 1.41 bits per heavy atom. The SMILES string of the molecule is CCNC(=NCCc1ccc(OC)cc1Cl)NC1CCN(CC(F)(F)F)C1. The summed E-state index contributed by atoms with van der Waals surface area (Å²) in [5.41, 5.74) is 0.967. The molecule has 1 aromatic carbocycles. The van der Waals surface area contributed by atoms with Crippen molar-refractivity contribution in [3.8, 4) is 5.75 Å². The summed E-state index contributed by atoms with van der Waals surface area (Å²) in [6, 6.07) is 5.47. The number of nitrogens with one attached hydrogen (secondary N) is 2. The second kappa shape index (κ2) is 10.0. The minimum absolute atomic E-state index is 0.0466. The first-order valence-corrected chi connectivity index (χ1v) is 9.35. The zero-order valence-corrected chi connectivity index (χ0v) is 16.3. The van der Waals surface area contributed by atoms with Gasteiger partial charge in [0.05, 0.1) is 13.7 Å². The highest BCUT2D eigenvalue weighted by Crippen LogP contribution is 2.23. The summed E-state index contributed by atoms with van der Waals surface area (Å²) in [5, 5.41) is 6.99. The van der Waals surface area contributed by atoms with E-state index in [9.17, 15) is 13.2 Å². The van der Waals surface area contributed by atoms with Crippen LogP contribution in [0.1, 0.15) is 18.9 Å². The van der Waals surface area contributed by atoms with Crippen LogP contribution in [-0.4, -0.2) is 62.9 Å². The molecule has 1 aromatic rings. The average molecular weight is 407 g/mol. The van der Waals surface area contributed by atoms with Crippen molar-refractivity contribution in [2.75, 3.05) is 39.8 Å². The molecule has 1 unspecified atom stereocenters. The molecular formula is C18H26ClF3N4O. The summed E-state index contributed by atoms with van der Waals surface area (Å²) >= 11 is 6.23. The number of alkyl halides is 3. The topological polar surface area (TPSA) is 48.9 Å². The van der Waals surface area contributed by atoms with E-state index < -0.39 is 12.7 Å². The van der Waals surface area contributed by atoms with Crippen LogP contribution in [0.3, 0.4) is 0 Å². The summed E-state index contributed by atoms with van der Waals surface area (Å²) in [5.74, 6) is 1.31.